The molecule has 0 aromatic heterocycles. The van der Waals surface area contributed by atoms with Gasteiger partial charge in [0, 0.05) is 38.8 Å². The van der Waals surface area contributed by atoms with Crippen LogP contribution in [-0.2, 0) is 4.79 Å². The predicted octanol–water partition coefficient (Wildman–Crippen LogP) is 2.61. The molecule has 1 aliphatic heterocycles. The van der Waals surface area contributed by atoms with Crippen LogP contribution in [-0.4, -0.2) is 68.7 Å². The fourth-order valence-corrected chi connectivity index (χ4v) is 3.12. The van der Waals surface area contributed by atoms with E-state index in [1.54, 1.807) is 7.11 Å². The zero-order valence-corrected chi connectivity index (χ0v) is 16.4. The minimum Gasteiger partial charge on any atom is -0.497 e. The van der Waals surface area contributed by atoms with Gasteiger partial charge in [-0.1, -0.05) is 0 Å². The van der Waals surface area contributed by atoms with E-state index in [9.17, 15) is 13.6 Å². The van der Waals surface area contributed by atoms with E-state index in [2.05, 4.69) is 10.2 Å². The van der Waals surface area contributed by atoms with E-state index in [4.69, 9.17) is 9.47 Å². The second kappa shape index (κ2) is 10.2. The molecule has 156 valence electrons. The van der Waals surface area contributed by atoms with E-state index in [1.165, 1.54) is 0 Å². The summed E-state index contributed by atoms with van der Waals surface area (Å²) in [5, 5.41) is 2.43. The van der Waals surface area contributed by atoms with Gasteiger partial charge in [-0.2, -0.15) is 0 Å². The minimum absolute atomic E-state index is 0.135. The highest BCUT2D eigenvalue weighted by Crippen LogP contribution is 2.17. The molecule has 1 N–H and O–H groups in total. The smallest absolute Gasteiger partial charge is 0.238 e. The number of hydrogen-bond acceptors (Lipinski definition) is 5. The van der Waals surface area contributed by atoms with Gasteiger partial charge in [0.15, 0.2) is 0 Å². The van der Waals surface area contributed by atoms with Gasteiger partial charge < -0.3 is 14.8 Å². The zero-order chi connectivity index (χ0) is 20.6. The fourth-order valence-electron chi connectivity index (χ4n) is 3.12. The molecule has 2 aromatic carbocycles. The van der Waals surface area contributed by atoms with Gasteiger partial charge >= 0.3 is 0 Å². The number of nitrogens with zero attached hydrogens (tertiary/aromatic N) is 2. The number of carbonyl (C=O) groups is 1. The van der Waals surface area contributed by atoms with Crippen LogP contribution < -0.4 is 14.8 Å². The average molecular weight is 405 g/mol. The molecule has 1 amide bonds. The third kappa shape index (κ3) is 6.40. The molecule has 1 heterocycles. The number of benzene rings is 2. The summed E-state index contributed by atoms with van der Waals surface area (Å²) >= 11 is 0. The second-order valence-electron chi connectivity index (χ2n) is 6.81. The van der Waals surface area contributed by atoms with E-state index >= 15 is 0 Å². The Kier molecular flexibility index (Phi) is 7.37. The first-order chi connectivity index (χ1) is 14.0. The van der Waals surface area contributed by atoms with Gasteiger partial charge in [-0.05, 0) is 36.4 Å². The molecule has 0 radical (unpaired) electrons. The van der Waals surface area contributed by atoms with E-state index in [0.717, 1.165) is 62.4 Å². The Labute approximate surface area is 169 Å². The molecule has 0 unspecified atom stereocenters. The maximum absolute atomic E-state index is 13.6. The molecule has 1 fully saturated rings. The first-order valence-electron chi connectivity index (χ1n) is 9.50. The van der Waals surface area contributed by atoms with Crippen LogP contribution in [0, 0.1) is 11.6 Å². The molecule has 8 heteroatoms. The van der Waals surface area contributed by atoms with Gasteiger partial charge in [-0.15, -0.1) is 0 Å². The highest BCUT2D eigenvalue weighted by atomic mass is 19.1. The van der Waals surface area contributed by atoms with Crippen molar-refractivity contribution in [3.8, 4) is 11.5 Å². The fraction of sp³-hybridized carbons (Fsp3) is 0.381. The van der Waals surface area contributed by atoms with Crippen molar-refractivity contribution in [2.75, 3.05) is 58.3 Å². The van der Waals surface area contributed by atoms with E-state index in [0.29, 0.717) is 6.61 Å². The number of methoxy groups -OCH3 is 1. The van der Waals surface area contributed by atoms with Crippen molar-refractivity contribution >= 4 is 11.6 Å². The number of nitrogens with one attached hydrogen (secondary N) is 1. The molecule has 6 nitrogen and oxygen atoms in total. The molecule has 1 saturated heterocycles. The summed E-state index contributed by atoms with van der Waals surface area (Å²) in [7, 11) is 1.62. The number of ether oxygens (including phenoxy) is 2. The number of amides is 1. The Bertz CT molecular complexity index is 809. The lowest BCUT2D eigenvalue weighted by Gasteiger charge is -2.34. The number of halogens is 2. The molecule has 29 heavy (non-hydrogen) atoms. The van der Waals surface area contributed by atoms with Crippen molar-refractivity contribution in [1.29, 1.82) is 0 Å². The molecule has 1 aliphatic rings. The van der Waals surface area contributed by atoms with Crippen molar-refractivity contribution in [1.82, 2.24) is 9.80 Å². The molecular weight excluding hydrogens is 380 g/mol. The highest BCUT2D eigenvalue weighted by Gasteiger charge is 2.19. The molecule has 3 rings (SSSR count). The van der Waals surface area contributed by atoms with Crippen molar-refractivity contribution in [3.05, 3.63) is 54.1 Å². The Morgan fingerprint density at radius 2 is 1.66 bits per heavy atom. The lowest BCUT2D eigenvalue weighted by molar-refractivity contribution is -0.117. The molecule has 0 atom stereocenters. The number of piperazine rings is 1. The zero-order valence-electron chi connectivity index (χ0n) is 16.4. The Morgan fingerprint density at radius 1 is 1.00 bits per heavy atom. The normalized spacial score (nSPS) is 15.1. The van der Waals surface area contributed by atoms with Crippen molar-refractivity contribution in [2.45, 2.75) is 0 Å². The molecular formula is C21H25F2N3O3. The highest BCUT2D eigenvalue weighted by molar-refractivity contribution is 5.92. The predicted molar refractivity (Wildman–Crippen MR) is 106 cm³/mol. The summed E-state index contributed by atoms with van der Waals surface area (Å²) in [6.07, 6.45) is 0. The SMILES string of the molecule is COc1ccc(OCCN2CCN(CC(=O)Nc3cc(F)ccc3F)CC2)cc1. The van der Waals surface area contributed by atoms with E-state index in [-0.39, 0.29) is 18.1 Å². The Hall–Kier alpha value is -2.71. The van der Waals surface area contributed by atoms with Crippen molar-refractivity contribution < 1.29 is 23.0 Å². The molecule has 2 aromatic rings. The number of anilines is 1. The maximum atomic E-state index is 13.6. The van der Waals surface area contributed by atoms with Crippen molar-refractivity contribution in [2.24, 2.45) is 0 Å². The summed E-state index contributed by atoms with van der Waals surface area (Å²) in [6.45, 7) is 4.59. The quantitative estimate of drug-likeness (QED) is 0.732. The van der Waals surface area contributed by atoms with Gasteiger partial charge in [0.05, 0.1) is 19.3 Å². The van der Waals surface area contributed by atoms with Gasteiger partial charge in [-0.25, -0.2) is 8.78 Å². The summed E-state index contributed by atoms with van der Waals surface area (Å²) in [5.41, 5.74) is -0.135. The summed E-state index contributed by atoms with van der Waals surface area (Å²) in [5.74, 6) is -0.0114. The first kappa shape index (κ1) is 21.0. The lowest BCUT2D eigenvalue weighted by atomic mass is 10.2. The van der Waals surface area contributed by atoms with Crippen LogP contribution >= 0.6 is 0 Å². The third-order valence-electron chi connectivity index (χ3n) is 4.77. The monoisotopic (exact) mass is 405 g/mol. The largest absolute Gasteiger partial charge is 0.497 e. The van der Waals surface area contributed by atoms with Crippen LogP contribution in [0.4, 0.5) is 14.5 Å². The van der Waals surface area contributed by atoms with Crippen LogP contribution in [0.5, 0.6) is 11.5 Å². The second-order valence-corrected chi connectivity index (χ2v) is 6.81. The van der Waals surface area contributed by atoms with Crippen LogP contribution in [0.15, 0.2) is 42.5 Å². The maximum Gasteiger partial charge on any atom is 0.238 e. The van der Waals surface area contributed by atoms with Crippen LogP contribution in [0.25, 0.3) is 0 Å². The Balaban J connectivity index is 1.35. The van der Waals surface area contributed by atoms with Gasteiger partial charge in [0.1, 0.15) is 29.7 Å². The van der Waals surface area contributed by atoms with Gasteiger partial charge in [0.25, 0.3) is 0 Å². The summed E-state index contributed by atoms with van der Waals surface area (Å²) in [4.78, 5) is 16.4. The van der Waals surface area contributed by atoms with Crippen LogP contribution in [0.3, 0.4) is 0 Å². The average Bonchev–Trinajstić information content (AvgIpc) is 2.72. The first-order valence-corrected chi connectivity index (χ1v) is 9.50. The summed E-state index contributed by atoms with van der Waals surface area (Å²) < 4.78 is 37.7. The molecule has 0 spiro atoms. The minimum atomic E-state index is -0.651. The van der Waals surface area contributed by atoms with Crippen LogP contribution in [0.1, 0.15) is 0 Å². The third-order valence-corrected chi connectivity index (χ3v) is 4.77. The summed E-state index contributed by atoms with van der Waals surface area (Å²) in [6, 6.07) is 10.5. The molecule has 0 aliphatic carbocycles. The van der Waals surface area contributed by atoms with E-state index < -0.39 is 11.6 Å². The number of carbonyl (C=O) groups excluding carboxylic acids is 1. The topological polar surface area (TPSA) is 54.0 Å². The standard InChI is InChI=1S/C21H25F2N3O3/c1-28-17-3-5-18(6-4-17)29-13-12-25-8-10-26(11-9-25)15-21(27)24-20-14-16(22)2-7-19(20)23/h2-7,14H,8-13,15H2,1H3,(H,24,27). The molecule has 0 bridgehead atoms. The Morgan fingerprint density at radius 3 is 2.34 bits per heavy atom. The van der Waals surface area contributed by atoms with Gasteiger partial charge in [-0.3, -0.25) is 14.6 Å². The lowest BCUT2D eigenvalue weighted by Crippen LogP contribution is -2.49. The van der Waals surface area contributed by atoms with E-state index in [1.807, 2.05) is 29.2 Å². The number of hydrogen-bond donors (Lipinski definition) is 1. The van der Waals surface area contributed by atoms with Crippen molar-refractivity contribution in [3.63, 3.8) is 0 Å². The number of rotatable bonds is 8. The van der Waals surface area contributed by atoms with Gasteiger partial charge in [0.2, 0.25) is 5.91 Å². The molecule has 0 saturated carbocycles. The van der Waals surface area contributed by atoms with Crippen LogP contribution in [0.2, 0.25) is 0 Å².